The normalized spacial score (nSPS) is 11.8. The highest BCUT2D eigenvalue weighted by Gasteiger charge is 2.19. The molecule has 0 fully saturated rings. The molecule has 0 aliphatic rings. The predicted octanol–water partition coefficient (Wildman–Crippen LogP) is 1.84. The molecule has 1 aromatic carbocycles. The molecule has 0 spiro atoms. The number of aryl methyl sites for hydroxylation is 2. The number of nitrogens with zero attached hydrogens (tertiary/aromatic N) is 2. The van der Waals surface area contributed by atoms with Gasteiger partial charge in [-0.25, -0.2) is 4.68 Å². The van der Waals surface area contributed by atoms with E-state index in [1.165, 1.54) is 7.05 Å². The Hall–Kier alpha value is -2.96. The number of amides is 1. The van der Waals surface area contributed by atoms with Gasteiger partial charge in [0.15, 0.2) is 0 Å². The van der Waals surface area contributed by atoms with Crippen molar-refractivity contribution >= 4 is 17.6 Å². The summed E-state index contributed by atoms with van der Waals surface area (Å²) in [5, 5.41) is 15.8. The number of carboxylic acid groups (broad SMARTS) is 1. The Morgan fingerprint density at radius 2 is 1.96 bits per heavy atom. The van der Waals surface area contributed by atoms with Gasteiger partial charge in [-0.1, -0.05) is 12.1 Å². The van der Waals surface area contributed by atoms with Crippen LogP contribution in [0.2, 0.25) is 0 Å². The Morgan fingerprint density at radius 1 is 1.29 bits per heavy atom. The number of aliphatic carboxylic acids is 1. The maximum Gasteiger partial charge on any atom is 0.310 e. The van der Waals surface area contributed by atoms with Gasteiger partial charge in [-0.2, -0.15) is 5.10 Å². The molecule has 2 aromatic rings. The van der Waals surface area contributed by atoms with E-state index in [-0.39, 0.29) is 5.56 Å². The molecule has 0 aliphatic carbocycles. The summed E-state index contributed by atoms with van der Waals surface area (Å²) in [5.41, 5.74) is 1.66. The maximum atomic E-state index is 12.5. The van der Waals surface area contributed by atoms with Crippen LogP contribution in [0.4, 0.5) is 5.69 Å². The number of anilines is 1. The minimum atomic E-state index is -0.951. The van der Waals surface area contributed by atoms with Crippen molar-refractivity contribution in [1.82, 2.24) is 9.78 Å². The number of aromatic nitrogens is 2. The first-order valence-electron chi connectivity index (χ1n) is 7.41. The quantitative estimate of drug-likeness (QED) is 0.891. The van der Waals surface area contributed by atoms with Gasteiger partial charge in [0, 0.05) is 12.7 Å². The fraction of sp³-hybridized carbons (Fsp3) is 0.294. The number of carbonyl (C=O) groups is 2. The van der Waals surface area contributed by atoms with Crippen LogP contribution in [0.1, 0.15) is 40.0 Å². The number of benzene rings is 1. The van der Waals surface area contributed by atoms with Crippen molar-refractivity contribution in [2.75, 3.05) is 5.32 Å². The van der Waals surface area contributed by atoms with Crippen molar-refractivity contribution < 1.29 is 14.7 Å². The smallest absolute Gasteiger partial charge is 0.310 e. The van der Waals surface area contributed by atoms with E-state index in [1.807, 2.05) is 0 Å². The van der Waals surface area contributed by atoms with Gasteiger partial charge in [0.25, 0.3) is 11.5 Å². The van der Waals surface area contributed by atoms with E-state index in [0.717, 1.165) is 4.68 Å². The van der Waals surface area contributed by atoms with Gasteiger partial charge in [-0.05, 0) is 44.0 Å². The lowest BCUT2D eigenvalue weighted by atomic mass is 10.0. The molecule has 2 N–H and O–H groups in total. The van der Waals surface area contributed by atoms with E-state index < -0.39 is 23.4 Å². The van der Waals surface area contributed by atoms with Crippen LogP contribution < -0.4 is 10.9 Å². The fourth-order valence-electron chi connectivity index (χ4n) is 2.34. The highest BCUT2D eigenvalue weighted by atomic mass is 16.4. The Labute approximate surface area is 138 Å². The molecule has 7 nitrogen and oxygen atoms in total. The zero-order valence-electron chi connectivity index (χ0n) is 14.0. The van der Waals surface area contributed by atoms with E-state index in [2.05, 4.69) is 10.4 Å². The Balaban J connectivity index is 2.37. The molecule has 0 saturated heterocycles. The zero-order chi connectivity index (χ0) is 18.0. The third kappa shape index (κ3) is 3.34. The molecule has 1 aromatic heterocycles. The van der Waals surface area contributed by atoms with Crippen molar-refractivity contribution in [1.29, 1.82) is 0 Å². The van der Waals surface area contributed by atoms with Gasteiger partial charge in [0.1, 0.15) is 5.56 Å². The summed E-state index contributed by atoms with van der Waals surface area (Å²) < 4.78 is 1.13. The monoisotopic (exact) mass is 329 g/mol. The zero-order valence-corrected chi connectivity index (χ0v) is 14.0. The van der Waals surface area contributed by atoms with Crippen molar-refractivity contribution in [2.24, 2.45) is 7.05 Å². The highest BCUT2D eigenvalue weighted by molar-refractivity contribution is 6.05. The molecule has 1 unspecified atom stereocenters. The molecule has 7 heteroatoms. The number of rotatable bonds is 4. The number of hydrogen-bond donors (Lipinski definition) is 2. The molecular formula is C17H19N3O4. The largest absolute Gasteiger partial charge is 0.481 e. The van der Waals surface area contributed by atoms with Crippen LogP contribution in [-0.2, 0) is 11.8 Å². The number of nitrogens with one attached hydrogen (secondary N) is 1. The maximum absolute atomic E-state index is 12.5. The first kappa shape index (κ1) is 17.4. The summed E-state index contributed by atoms with van der Waals surface area (Å²) in [4.78, 5) is 35.8. The predicted molar refractivity (Wildman–Crippen MR) is 89.4 cm³/mol. The van der Waals surface area contributed by atoms with Crippen LogP contribution in [0.3, 0.4) is 0 Å². The summed E-state index contributed by atoms with van der Waals surface area (Å²) in [7, 11) is 1.49. The Bertz CT molecular complexity index is 871. The van der Waals surface area contributed by atoms with Gasteiger partial charge < -0.3 is 10.4 Å². The van der Waals surface area contributed by atoms with Gasteiger partial charge in [-0.3, -0.25) is 14.4 Å². The highest BCUT2D eigenvalue weighted by Crippen LogP contribution is 2.20. The third-order valence-corrected chi connectivity index (χ3v) is 3.97. The summed E-state index contributed by atoms with van der Waals surface area (Å²) in [6, 6.07) is 6.57. The van der Waals surface area contributed by atoms with Gasteiger partial charge >= 0.3 is 5.97 Å². The van der Waals surface area contributed by atoms with Crippen LogP contribution in [0.15, 0.2) is 29.1 Å². The van der Waals surface area contributed by atoms with E-state index in [1.54, 1.807) is 45.0 Å². The second kappa shape index (κ2) is 6.66. The van der Waals surface area contributed by atoms with Crippen molar-refractivity contribution in [2.45, 2.75) is 26.7 Å². The van der Waals surface area contributed by atoms with Crippen LogP contribution in [0.25, 0.3) is 0 Å². The topological polar surface area (TPSA) is 101 Å². The van der Waals surface area contributed by atoms with Crippen LogP contribution >= 0.6 is 0 Å². The first-order chi connectivity index (χ1) is 11.2. The number of carbonyl (C=O) groups excluding carboxylic acids is 1. The van der Waals surface area contributed by atoms with Crippen molar-refractivity contribution in [3.8, 4) is 0 Å². The first-order valence-corrected chi connectivity index (χ1v) is 7.41. The minimum absolute atomic E-state index is 0.0293. The lowest BCUT2D eigenvalue weighted by Gasteiger charge is -2.12. The Kier molecular flexibility index (Phi) is 4.82. The van der Waals surface area contributed by atoms with Gasteiger partial charge in [0.05, 0.1) is 11.6 Å². The molecule has 1 heterocycles. The number of hydrogen-bond acceptors (Lipinski definition) is 4. The molecule has 24 heavy (non-hydrogen) atoms. The molecule has 1 amide bonds. The van der Waals surface area contributed by atoms with E-state index in [4.69, 9.17) is 5.11 Å². The van der Waals surface area contributed by atoms with Crippen LogP contribution in [0.5, 0.6) is 0 Å². The van der Waals surface area contributed by atoms with Gasteiger partial charge in [-0.15, -0.1) is 0 Å². The molecule has 0 radical (unpaired) electrons. The fourth-order valence-corrected chi connectivity index (χ4v) is 2.34. The molecule has 126 valence electrons. The lowest BCUT2D eigenvalue weighted by molar-refractivity contribution is -0.138. The molecule has 0 aliphatic heterocycles. The third-order valence-electron chi connectivity index (χ3n) is 3.97. The number of carboxylic acids is 1. The van der Waals surface area contributed by atoms with E-state index in [0.29, 0.717) is 22.5 Å². The lowest BCUT2D eigenvalue weighted by Crippen LogP contribution is -2.31. The van der Waals surface area contributed by atoms with Crippen molar-refractivity contribution in [3.05, 3.63) is 57.0 Å². The standard InChI is InChI=1S/C17H19N3O4/c1-9-11(3)19-20(4)16(22)14(9)15(21)18-13-7-5-6-12(8-13)10(2)17(23)24/h5-8,10H,1-4H3,(H,18,21)(H,23,24). The minimum Gasteiger partial charge on any atom is -0.481 e. The summed E-state index contributed by atoms with van der Waals surface area (Å²) in [5.74, 6) is -2.19. The van der Waals surface area contributed by atoms with Crippen LogP contribution in [-0.4, -0.2) is 26.8 Å². The van der Waals surface area contributed by atoms with Crippen LogP contribution in [0, 0.1) is 13.8 Å². The van der Waals surface area contributed by atoms with E-state index in [9.17, 15) is 14.4 Å². The summed E-state index contributed by atoms with van der Waals surface area (Å²) >= 11 is 0. The molecule has 0 saturated carbocycles. The van der Waals surface area contributed by atoms with E-state index >= 15 is 0 Å². The molecule has 1 atom stereocenters. The van der Waals surface area contributed by atoms with Crippen molar-refractivity contribution in [3.63, 3.8) is 0 Å². The average molecular weight is 329 g/mol. The molecule has 0 bridgehead atoms. The SMILES string of the molecule is Cc1nn(C)c(=O)c(C(=O)Nc2cccc(C(C)C(=O)O)c2)c1C. The second-order valence-electron chi connectivity index (χ2n) is 5.65. The molecular weight excluding hydrogens is 310 g/mol. The average Bonchev–Trinajstić information content (AvgIpc) is 2.52. The second-order valence-corrected chi connectivity index (χ2v) is 5.65. The Morgan fingerprint density at radius 3 is 2.58 bits per heavy atom. The van der Waals surface area contributed by atoms with Gasteiger partial charge in [0.2, 0.25) is 0 Å². The molecule has 2 rings (SSSR count). The summed E-state index contributed by atoms with van der Waals surface area (Å²) in [6.45, 7) is 4.96. The summed E-state index contributed by atoms with van der Waals surface area (Å²) in [6.07, 6.45) is 0.